The second-order valence-corrected chi connectivity index (χ2v) is 3.56. The fraction of sp³-hybridized carbons (Fsp3) is 0.700. The van der Waals surface area contributed by atoms with Crippen LogP contribution in [0.1, 0.15) is 39.5 Å². The van der Waals surface area contributed by atoms with Crippen LogP contribution in [-0.2, 0) is 21.8 Å². The zero-order valence-electron chi connectivity index (χ0n) is 10.4. The van der Waals surface area contributed by atoms with E-state index in [1.807, 2.05) is 0 Å². The molecule has 0 aromatic heterocycles. The Morgan fingerprint density at radius 3 is 1.88 bits per heavy atom. The first-order valence-electron chi connectivity index (χ1n) is 5.12. The third-order valence-corrected chi connectivity index (χ3v) is 1.21. The van der Waals surface area contributed by atoms with Crippen molar-refractivity contribution < 1.29 is 26.6 Å². The van der Waals surface area contributed by atoms with Gasteiger partial charge in [0.25, 0.3) is 10.4 Å². The smallest absolute Gasteiger partial charge is 0.273 e. The number of hydrogen-bond donors (Lipinski definition) is 3. The summed E-state index contributed by atoms with van der Waals surface area (Å²) in [5.74, 6) is 0. The Kier molecular flexibility index (Phi) is 37.9. The van der Waals surface area contributed by atoms with E-state index in [-0.39, 0.29) is 22.2 Å². The van der Waals surface area contributed by atoms with Gasteiger partial charge in [0.15, 0.2) is 0 Å². The average molecular weight is 323 g/mol. The summed E-state index contributed by atoms with van der Waals surface area (Å²) < 4.78 is 4.79. The van der Waals surface area contributed by atoms with Gasteiger partial charge in [0.1, 0.15) is 0 Å². The van der Waals surface area contributed by atoms with Crippen LogP contribution < -0.4 is 11.5 Å². The number of hydrogen-bond acceptors (Lipinski definition) is 3. The van der Waals surface area contributed by atoms with Gasteiger partial charge in [-0.25, -0.2) is 0 Å². The van der Waals surface area contributed by atoms with E-state index in [4.69, 9.17) is 15.3 Å². The molecule has 0 atom stereocenters. The monoisotopic (exact) mass is 323 g/mol. The molecule has 0 aromatic rings. The number of primary amides is 1. The maximum atomic E-state index is 9.09. The second kappa shape index (κ2) is 25.0. The predicted octanol–water partition coefficient (Wildman–Crippen LogP) is 2.66. The number of thiocarbonyl (C=S) groups is 1. The van der Waals surface area contributed by atoms with Crippen molar-refractivity contribution >= 4 is 35.3 Å². The van der Waals surface area contributed by atoms with Crippen LogP contribution >= 0.6 is 24.8 Å². The molecule has 4 nitrogen and oxygen atoms in total. The SMILES string of the molecule is CCCCOC(N)=S.NC(=O)S.[CH2-]CCC.[Fe]. The average Bonchev–Trinajstić information content (AvgIpc) is 2.17. The minimum Gasteiger partial charge on any atom is -0.471 e. The molecule has 0 unspecified atom stereocenters. The molecule has 0 aliphatic heterocycles. The van der Waals surface area contributed by atoms with Crippen molar-refractivity contribution in [3.05, 3.63) is 6.92 Å². The van der Waals surface area contributed by atoms with E-state index in [9.17, 15) is 0 Å². The van der Waals surface area contributed by atoms with Crippen molar-refractivity contribution in [2.45, 2.75) is 39.5 Å². The van der Waals surface area contributed by atoms with Gasteiger partial charge in [-0.15, -0.1) is 0 Å². The van der Waals surface area contributed by atoms with Crippen molar-refractivity contribution in [2.75, 3.05) is 6.61 Å². The predicted molar refractivity (Wildman–Crippen MR) is 76.5 cm³/mol. The Labute approximate surface area is 126 Å². The number of unbranched alkanes of at least 4 members (excludes halogenated alkanes) is 2. The zero-order valence-corrected chi connectivity index (χ0v) is 13.2. The van der Waals surface area contributed by atoms with Crippen molar-refractivity contribution in [3.63, 3.8) is 0 Å². The minimum absolute atomic E-state index is 0. The summed E-state index contributed by atoms with van der Waals surface area (Å²) in [6.45, 7) is 8.47. The summed E-state index contributed by atoms with van der Waals surface area (Å²) in [5.41, 5.74) is 9.38. The molecule has 0 saturated heterocycles. The van der Waals surface area contributed by atoms with Crippen LogP contribution in [0.15, 0.2) is 0 Å². The van der Waals surface area contributed by atoms with E-state index in [0.717, 1.165) is 19.3 Å². The van der Waals surface area contributed by atoms with Crippen LogP contribution in [0.4, 0.5) is 4.79 Å². The van der Waals surface area contributed by atoms with Gasteiger partial charge in [0, 0.05) is 17.1 Å². The minimum atomic E-state index is -0.639. The largest absolute Gasteiger partial charge is 0.471 e. The van der Waals surface area contributed by atoms with Gasteiger partial charge in [-0.1, -0.05) is 39.3 Å². The molecule has 0 radical (unpaired) electrons. The molecular formula is C10H23FeN2O2S2-. The van der Waals surface area contributed by atoms with Gasteiger partial charge in [-0.3, -0.25) is 4.79 Å². The first kappa shape index (κ1) is 25.8. The molecule has 0 spiro atoms. The molecule has 4 N–H and O–H groups in total. The Morgan fingerprint density at radius 1 is 1.35 bits per heavy atom. The first-order valence-corrected chi connectivity index (χ1v) is 5.97. The summed E-state index contributed by atoms with van der Waals surface area (Å²) in [4.78, 5) is 9.09. The second-order valence-electron chi connectivity index (χ2n) is 2.71. The number of carbonyl (C=O) groups is 1. The van der Waals surface area contributed by atoms with Crippen molar-refractivity contribution in [1.29, 1.82) is 0 Å². The Morgan fingerprint density at radius 2 is 1.71 bits per heavy atom. The molecule has 0 aliphatic carbocycles. The van der Waals surface area contributed by atoms with Crippen molar-refractivity contribution in [1.82, 2.24) is 0 Å². The molecule has 0 saturated carbocycles. The summed E-state index contributed by atoms with van der Waals surface area (Å²) in [7, 11) is 0. The fourth-order valence-corrected chi connectivity index (χ4v) is 0.400. The first-order chi connectivity index (χ1) is 7.42. The van der Waals surface area contributed by atoms with Gasteiger partial charge < -0.3 is 23.1 Å². The van der Waals surface area contributed by atoms with Gasteiger partial charge in [0.05, 0.1) is 6.61 Å². The van der Waals surface area contributed by atoms with Gasteiger partial charge in [-0.2, -0.15) is 6.42 Å². The summed E-state index contributed by atoms with van der Waals surface area (Å²) >= 11 is 7.57. The quantitative estimate of drug-likeness (QED) is 0.244. The number of ether oxygens (including phenoxy) is 1. The molecule has 0 heterocycles. The molecule has 0 bridgehead atoms. The Balaban J connectivity index is -0.0000000806. The number of rotatable bonds is 4. The third-order valence-electron chi connectivity index (χ3n) is 1.10. The van der Waals surface area contributed by atoms with Gasteiger partial charge in [0.2, 0.25) is 0 Å². The van der Waals surface area contributed by atoms with Crippen molar-refractivity contribution in [3.8, 4) is 0 Å². The number of amides is 1. The van der Waals surface area contributed by atoms with Crippen molar-refractivity contribution in [2.24, 2.45) is 11.5 Å². The molecule has 0 fully saturated rings. The topological polar surface area (TPSA) is 78.3 Å². The van der Waals surface area contributed by atoms with E-state index >= 15 is 0 Å². The zero-order chi connectivity index (χ0) is 13.4. The molecular weight excluding hydrogens is 300 g/mol. The van der Waals surface area contributed by atoms with E-state index in [1.54, 1.807) is 0 Å². The Bertz CT molecular complexity index is 166. The fourth-order valence-electron chi connectivity index (χ4n) is 0.317. The molecule has 0 aromatic carbocycles. The molecule has 0 rings (SSSR count). The molecule has 1 amide bonds. The van der Waals surface area contributed by atoms with E-state index in [0.29, 0.717) is 6.61 Å². The molecule has 0 aliphatic rings. The van der Waals surface area contributed by atoms with Crippen LogP contribution in [0.25, 0.3) is 0 Å². The Hall–Kier alpha value is 0.0295. The molecule has 17 heavy (non-hydrogen) atoms. The summed E-state index contributed by atoms with van der Waals surface area (Å²) in [6.07, 6.45) is 4.42. The van der Waals surface area contributed by atoms with E-state index < -0.39 is 5.24 Å². The van der Waals surface area contributed by atoms with Crippen LogP contribution in [-0.4, -0.2) is 17.0 Å². The summed E-state index contributed by atoms with van der Waals surface area (Å²) in [5, 5.41) is -0.488. The maximum absolute atomic E-state index is 9.09. The van der Waals surface area contributed by atoms with E-state index in [1.165, 1.54) is 6.42 Å². The van der Waals surface area contributed by atoms with Crippen LogP contribution in [0.5, 0.6) is 0 Å². The van der Waals surface area contributed by atoms with Gasteiger partial charge >= 0.3 is 0 Å². The normalized spacial score (nSPS) is 7.29. The number of carbonyl (C=O) groups excluding carboxylic acids is 1. The number of thiol groups is 1. The van der Waals surface area contributed by atoms with Crippen LogP contribution in [0, 0.1) is 6.92 Å². The van der Waals surface area contributed by atoms with Crippen LogP contribution in [0.2, 0.25) is 0 Å². The van der Waals surface area contributed by atoms with E-state index in [2.05, 4.69) is 51.4 Å². The van der Waals surface area contributed by atoms with Crippen LogP contribution in [0.3, 0.4) is 0 Å². The standard InChI is InChI=1S/C5H11NOS.C4H9.CH3NOS.Fe/c1-2-3-4-7-5(6)8;1-3-4-2;2-1(3)4;/h2-4H2,1H3,(H2,6,8);1,3-4H2,2H3;(H3,2,3,4);/q;-1;;. The number of nitrogens with two attached hydrogens (primary N) is 2. The molecule has 106 valence electrons. The summed E-state index contributed by atoms with van der Waals surface area (Å²) in [6, 6.07) is 0. The van der Waals surface area contributed by atoms with Gasteiger partial charge in [-0.05, 0) is 18.6 Å². The molecule has 7 heteroatoms. The maximum Gasteiger partial charge on any atom is 0.273 e. The third kappa shape index (κ3) is 86.8.